The molecule has 0 aromatic heterocycles. The van der Waals surface area contributed by atoms with Gasteiger partial charge >= 0.3 is 0 Å². The normalized spacial score (nSPS) is 12.1. The average Bonchev–Trinajstić information content (AvgIpc) is 2.41. The maximum Gasteiger partial charge on any atom is 0.263 e. The van der Waals surface area contributed by atoms with Crippen molar-refractivity contribution in [2.75, 3.05) is 13.1 Å². The van der Waals surface area contributed by atoms with Crippen molar-refractivity contribution in [3.63, 3.8) is 0 Å². The Bertz CT molecular complexity index is 433. The molecule has 0 fully saturated rings. The quantitative estimate of drug-likeness (QED) is 0.857. The van der Waals surface area contributed by atoms with Gasteiger partial charge in [-0.3, -0.25) is 4.79 Å². The molecule has 1 aromatic carbocycles. The third kappa shape index (κ3) is 3.92. The first-order valence-corrected chi connectivity index (χ1v) is 6.47. The molecule has 0 aliphatic heterocycles. The molecule has 5 heteroatoms. The van der Waals surface area contributed by atoms with Crippen molar-refractivity contribution in [2.24, 2.45) is 5.73 Å². The van der Waals surface area contributed by atoms with Crippen LogP contribution >= 0.6 is 0 Å². The van der Waals surface area contributed by atoms with Crippen LogP contribution in [0.25, 0.3) is 0 Å². The van der Waals surface area contributed by atoms with Gasteiger partial charge in [-0.15, -0.1) is 0 Å². The number of nitrogens with two attached hydrogens (primary N) is 1. The molecule has 0 saturated heterocycles. The van der Waals surface area contributed by atoms with Crippen molar-refractivity contribution in [1.29, 1.82) is 0 Å². The fourth-order valence-electron chi connectivity index (χ4n) is 1.86. The maximum atomic E-state index is 13.1. The van der Waals surface area contributed by atoms with Gasteiger partial charge in [0.25, 0.3) is 5.91 Å². The molecule has 0 spiro atoms. The highest BCUT2D eigenvalue weighted by atomic mass is 19.1. The first-order valence-electron chi connectivity index (χ1n) is 6.47. The van der Waals surface area contributed by atoms with Crippen LogP contribution in [0.5, 0.6) is 5.75 Å². The Morgan fingerprint density at radius 3 is 2.58 bits per heavy atom. The Labute approximate surface area is 113 Å². The van der Waals surface area contributed by atoms with Crippen molar-refractivity contribution >= 4 is 5.91 Å². The number of amides is 1. The van der Waals surface area contributed by atoms with Crippen molar-refractivity contribution in [1.82, 2.24) is 4.90 Å². The zero-order valence-corrected chi connectivity index (χ0v) is 11.6. The number of nitrogens with zero attached hydrogens (tertiary/aromatic N) is 1. The number of halogens is 1. The zero-order valence-electron chi connectivity index (χ0n) is 11.6. The zero-order chi connectivity index (χ0) is 14.4. The van der Waals surface area contributed by atoms with E-state index in [0.29, 0.717) is 24.4 Å². The van der Waals surface area contributed by atoms with Gasteiger partial charge in [-0.25, -0.2) is 4.39 Å². The number of carbonyl (C=O) groups is 1. The van der Waals surface area contributed by atoms with E-state index in [1.807, 2.05) is 13.8 Å². The van der Waals surface area contributed by atoms with Gasteiger partial charge in [0.05, 0.1) is 0 Å². The molecule has 0 aliphatic rings. The summed E-state index contributed by atoms with van der Waals surface area (Å²) in [5.74, 6) is 0.00438. The van der Waals surface area contributed by atoms with E-state index in [1.54, 1.807) is 11.8 Å². The van der Waals surface area contributed by atoms with Gasteiger partial charge in [0.2, 0.25) is 0 Å². The Kier molecular flexibility index (Phi) is 5.76. The number of hydrogen-bond donors (Lipinski definition) is 1. The summed E-state index contributed by atoms with van der Waals surface area (Å²) < 4.78 is 18.7. The molecule has 4 nitrogen and oxygen atoms in total. The van der Waals surface area contributed by atoms with Crippen LogP contribution in [0.3, 0.4) is 0 Å². The van der Waals surface area contributed by atoms with E-state index < -0.39 is 6.10 Å². The highest BCUT2D eigenvalue weighted by Gasteiger charge is 2.20. The van der Waals surface area contributed by atoms with E-state index in [-0.39, 0.29) is 18.3 Å². The average molecular weight is 268 g/mol. The molecule has 1 unspecified atom stereocenters. The van der Waals surface area contributed by atoms with Gasteiger partial charge in [0.15, 0.2) is 6.10 Å². The molecule has 1 aromatic rings. The standard InChI is InChI=1S/C14H21FN2O2/c1-4-17(5-2)14(18)10(3)19-13-7-6-12(15)8-11(13)9-16/h6-8,10H,4-5,9,16H2,1-3H3. The third-order valence-electron chi connectivity index (χ3n) is 2.97. The lowest BCUT2D eigenvalue weighted by Crippen LogP contribution is -2.40. The van der Waals surface area contributed by atoms with Crippen molar-refractivity contribution in [2.45, 2.75) is 33.4 Å². The van der Waals surface area contributed by atoms with Crippen LogP contribution in [-0.2, 0) is 11.3 Å². The van der Waals surface area contributed by atoms with Crippen LogP contribution in [0.2, 0.25) is 0 Å². The topological polar surface area (TPSA) is 55.6 Å². The van der Waals surface area contributed by atoms with Crippen LogP contribution in [0, 0.1) is 5.82 Å². The van der Waals surface area contributed by atoms with E-state index in [9.17, 15) is 9.18 Å². The number of ether oxygens (including phenoxy) is 1. The second-order valence-electron chi connectivity index (χ2n) is 4.23. The summed E-state index contributed by atoms with van der Waals surface area (Å²) in [7, 11) is 0. The molecule has 0 heterocycles. The SMILES string of the molecule is CCN(CC)C(=O)C(C)Oc1ccc(F)cc1CN. The van der Waals surface area contributed by atoms with E-state index in [4.69, 9.17) is 10.5 Å². The van der Waals surface area contributed by atoms with E-state index >= 15 is 0 Å². The summed E-state index contributed by atoms with van der Waals surface area (Å²) in [5, 5.41) is 0. The lowest BCUT2D eigenvalue weighted by molar-refractivity contribution is -0.137. The Morgan fingerprint density at radius 1 is 1.42 bits per heavy atom. The summed E-state index contributed by atoms with van der Waals surface area (Å²) >= 11 is 0. The predicted octanol–water partition coefficient (Wildman–Crippen LogP) is 1.92. The van der Waals surface area contributed by atoms with Gasteiger partial charge in [0.1, 0.15) is 11.6 Å². The van der Waals surface area contributed by atoms with Crippen LogP contribution < -0.4 is 10.5 Å². The fraction of sp³-hybridized carbons (Fsp3) is 0.500. The summed E-state index contributed by atoms with van der Waals surface area (Å²) in [6.07, 6.45) is -0.615. The third-order valence-corrected chi connectivity index (χ3v) is 2.97. The molecule has 1 amide bonds. The van der Waals surface area contributed by atoms with Crippen LogP contribution in [0.1, 0.15) is 26.3 Å². The molecule has 1 atom stereocenters. The summed E-state index contributed by atoms with van der Waals surface area (Å²) in [6, 6.07) is 4.12. The smallest absolute Gasteiger partial charge is 0.263 e. The van der Waals surface area contributed by atoms with Gasteiger partial charge in [-0.2, -0.15) is 0 Å². The van der Waals surface area contributed by atoms with Gasteiger partial charge in [0, 0.05) is 25.2 Å². The largest absolute Gasteiger partial charge is 0.481 e. The van der Waals surface area contributed by atoms with Gasteiger partial charge in [-0.05, 0) is 39.0 Å². The molecular weight excluding hydrogens is 247 g/mol. The van der Waals surface area contributed by atoms with Crippen LogP contribution in [-0.4, -0.2) is 30.0 Å². The maximum absolute atomic E-state index is 13.1. The monoisotopic (exact) mass is 268 g/mol. The lowest BCUT2D eigenvalue weighted by Gasteiger charge is -2.24. The molecule has 0 radical (unpaired) electrons. The molecular formula is C14H21FN2O2. The van der Waals surface area contributed by atoms with E-state index in [0.717, 1.165) is 0 Å². The second-order valence-corrected chi connectivity index (χ2v) is 4.23. The lowest BCUT2D eigenvalue weighted by atomic mass is 10.2. The molecule has 106 valence electrons. The van der Waals surface area contributed by atoms with Gasteiger partial charge < -0.3 is 15.4 Å². The molecule has 0 aliphatic carbocycles. The molecule has 1 rings (SSSR count). The van der Waals surface area contributed by atoms with Crippen molar-refractivity contribution in [3.8, 4) is 5.75 Å². The van der Waals surface area contributed by atoms with Crippen molar-refractivity contribution < 1.29 is 13.9 Å². The minimum Gasteiger partial charge on any atom is -0.481 e. The highest BCUT2D eigenvalue weighted by molar-refractivity contribution is 5.80. The Hall–Kier alpha value is -1.62. The highest BCUT2D eigenvalue weighted by Crippen LogP contribution is 2.21. The number of rotatable bonds is 6. The summed E-state index contributed by atoms with van der Waals surface area (Å²) in [5.41, 5.74) is 6.10. The van der Waals surface area contributed by atoms with E-state index in [2.05, 4.69) is 0 Å². The van der Waals surface area contributed by atoms with E-state index in [1.165, 1.54) is 18.2 Å². The molecule has 0 bridgehead atoms. The minimum atomic E-state index is -0.615. The number of hydrogen-bond acceptors (Lipinski definition) is 3. The molecule has 2 N–H and O–H groups in total. The van der Waals surface area contributed by atoms with Crippen LogP contribution in [0.4, 0.5) is 4.39 Å². The first-order chi connectivity index (χ1) is 9.03. The number of benzene rings is 1. The minimum absolute atomic E-state index is 0.0858. The predicted molar refractivity (Wildman–Crippen MR) is 72.3 cm³/mol. The number of likely N-dealkylation sites (N-methyl/N-ethyl adjacent to an activating group) is 1. The fourth-order valence-corrected chi connectivity index (χ4v) is 1.86. The Morgan fingerprint density at radius 2 is 2.05 bits per heavy atom. The molecule has 19 heavy (non-hydrogen) atoms. The summed E-state index contributed by atoms with van der Waals surface area (Å²) in [6.45, 7) is 6.95. The van der Waals surface area contributed by atoms with Gasteiger partial charge in [-0.1, -0.05) is 0 Å². The second kappa shape index (κ2) is 7.09. The summed E-state index contributed by atoms with van der Waals surface area (Å²) in [4.78, 5) is 13.8. The Balaban J connectivity index is 2.81. The van der Waals surface area contributed by atoms with Crippen molar-refractivity contribution in [3.05, 3.63) is 29.6 Å². The first kappa shape index (κ1) is 15.4. The van der Waals surface area contributed by atoms with Crippen LogP contribution in [0.15, 0.2) is 18.2 Å². The number of carbonyl (C=O) groups excluding carboxylic acids is 1. The molecule has 0 saturated carbocycles.